The van der Waals surface area contributed by atoms with Crippen molar-refractivity contribution in [1.29, 1.82) is 0 Å². The molecule has 3 nitrogen and oxygen atoms in total. The Balaban J connectivity index is 1.66. The SMILES string of the molecule is Cc1ccc(/C=C/C(=O)c2ccc(N3CCOCC3)cc2)cc1. The maximum Gasteiger partial charge on any atom is 0.185 e. The molecule has 0 N–H and O–H groups in total. The smallest absolute Gasteiger partial charge is 0.185 e. The Bertz CT molecular complexity index is 681. The minimum atomic E-state index is 0.0269. The van der Waals surface area contributed by atoms with Crippen molar-refractivity contribution >= 4 is 17.5 Å². The molecule has 3 heteroatoms. The predicted molar refractivity (Wildman–Crippen MR) is 94.0 cm³/mol. The highest BCUT2D eigenvalue weighted by molar-refractivity contribution is 6.06. The van der Waals surface area contributed by atoms with Gasteiger partial charge in [0.05, 0.1) is 13.2 Å². The molecule has 2 aromatic rings. The van der Waals surface area contributed by atoms with Crippen molar-refractivity contribution in [3.8, 4) is 0 Å². The molecule has 1 aliphatic heterocycles. The number of benzene rings is 2. The average molecular weight is 307 g/mol. The summed E-state index contributed by atoms with van der Waals surface area (Å²) in [6.07, 6.45) is 3.49. The van der Waals surface area contributed by atoms with Crippen LogP contribution in [-0.4, -0.2) is 32.1 Å². The molecule has 0 spiro atoms. The van der Waals surface area contributed by atoms with Crippen molar-refractivity contribution in [2.24, 2.45) is 0 Å². The van der Waals surface area contributed by atoms with Crippen LogP contribution in [0.25, 0.3) is 6.08 Å². The fraction of sp³-hybridized carbons (Fsp3) is 0.250. The van der Waals surface area contributed by atoms with Gasteiger partial charge in [-0.2, -0.15) is 0 Å². The van der Waals surface area contributed by atoms with Gasteiger partial charge in [-0.05, 0) is 42.8 Å². The number of rotatable bonds is 4. The van der Waals surface area contributed by atoms with Crippen LogP contribution >= 0.6 is 0 Å². The highest BCUT2D eigenvalue weighted by atomic mass is 16.5. The summed E-state index contributed by atoms with van der Waals surface area (Å²) in [5.41, 5.74) is 4.11. The Morgan fingerprint density at radius 2 is 1.65 bits per heavy atom. The van der Waals surface area contributed by atoms with Crippen LogP contribution in [0.4, 0.5) is 5.69 Å². The minimum absolute atomic E-state index is 0.0269. The second-order valence-corrected chi connectivity index (χ2v) is 5.75. The lowest BCUT2D eigenvalue weighted by Gasteiger charge is -2.28. The largest absolute Gasteiger partial charge is 0.378 e. The third kappa shape index (κ3) is 4.08. The molecule has 0 aliphatic carbocycles. The topological polar surface area (TPSA) is 29.5 Å². The fourth-order valence-electron chi connectivity index (χ4n) is 2.60. The zero-order valence-corrected chi connectivity index (χ0v) is 13.4. The quantitative estimate of drug-likeness (QED) is 0.637. The molecule has 118 valence electrons. The van der Waals surface area contributed by atoms with Gasteiger partial charge in [-0.25, -0.2) is 0 Å². The predicted octanol–water partition coefficient (Wildman–Crippen LogP) is 3.73. The molecule has 2 aromatic carbocycles. The van der Waals surface area contributed by atoms with Crippen LogP contribution in [0.3, 0.4) is 0 Å². The van der Waals surface area contributed by atoms with Gasteiger partial charge < -0.3 is 9.64 Å². The molecule has 0 saturated carbocycles. The number of aryl methyl sites for hydroxylation is 1. The fourth-order valence-corrected chi connectivity index (χ4v) is 2.60. The Hall–Kier alpha value is -2.39. The van der Waals surface area contributed by atoms with Crippen molar-refractivity contribution in [3.05, 3.63) is 71.3 Å². The first-order valence-corrected chi connectivity index (χ1v) is 7.94. The van der Waals surface area contributed by atoms with Gasteiger partial charge in [-0.1, -0.05) is 35.9 Å². The van der Waals surface area contributed by atoms with Gasteiger partial charge in [0.25, 0.3) is 0 Å². The highest BCUT2D eigenvalue weighted by Gasteiger charge is 2.11. The van der Waals surface area contributed by atoms with Crippen LogP contribution in [0.15, 0.2) is 54.6 Å². The van der Waals surface area contributed by atoms with Crippen molar-refractivity contribution in [2.45, 2.75) is 6.92 Å². The van der Waals surface area contributed by atoms with Gasteiger partial charge in [0, 0.05) is 24.3 Å². The summed E-state index contributed by atoms with van der Waals surface area (Å²) in [7, 11) is 0. The zero-order chi connectivity index (χ0) is 16.1. The summed E-state index contributed by atoms with van der Waals surface area (Å²) in [5.74, 6) is 0.0269. The number of ketones is 1. The first-order valence-electron chi connectivity index (χ1n) is 7.94. The van der Waals surface area contributed by atoms with E-state index in [9.17, 15) is 4.79 Å². The number of hydrogen-bond acceptors (Lipinski definition) is 3. The number of carbonyl (C=O) groups is 1. The van der Waals surface area contributed by atoms with Crippen molar-refractivity contribution < 1.29 is 9.53 Å². The number of allylic oxidation sites excluding steroid dienone is 1. The maximum absolute atomic E-state index is 12.3. The second kappa shape index (κ2) is 7.25. The van der Waals surface area contributed by atoms with E-state index < -0.39 is 0 Å². The lowest BCUT2D eigenvalue weighted by Crippen LogP contribution is -2.36. The van der Waals surface area contributed by atoms with Gasteiger partial charge in [0.15, 0.2) is 5.78 Å². The van der Waals surface area contributed by atoms with E-state index in [1.54, 1.807) is 6.08 Å². The van der Waals surface area contributed by atoms with Crippen LogP contribution < -0.4 is 4.90 Å². The van der Waals surface area contributed by atoms with Crippen LogP contribution in [0.2, 0.25) is 0 Å². The Kier molecular flexibility index (Phi) is 4.89. The van der Waals surface area contributed by atoms with Crippen LogP contribution in [0.5, 0.6) is 0 Å². The van der Waals surface area contributed by atoms with E-state index in [4.69, 9.17) is 4.74 Å². The Labute approximate surface area is 137 Å². The first kappa shape index (κ1) is 15.5. The van der Waals surface area contributed by atoms with Crippen molar-refractivity contribution in [1.82, 2.24) is 0 Å². The van der Waals surface area contributed by atoms with E-state index in [2.05, 4.69) is 11.8 Å². The monoisotopic (exact) mass is 307 g/mol. The number of ether oxygens (including phenoxy) is 1. The van der Waals surface area contributed by atoms with Gasteiger partial charge in [0.1, 0.15) is 0 Å². The van der Waals surface area contributed by atoms with E-state index in [-0.39, 0.29) is 5.78 Å². The number of carbonyl (C=O) groups excluding carboxylic acids is 1. The first-order chi connectivity index (χ1) is 11.2. The number of nitrogens with zero attached hydrogens (tertiary/aromatic N) is 1. The molecular formula is C20H21NO2. The lowest BCUT2D eigenvalue weighted by atomic mass is 10.1. The molecule has 0 unspecified atom stereocenters. The molecular weight excluding hydrogens is 286 g/mol. The Morgan fingerprint density at radius 1 is 1.00 bits per heavy atom. The van der Waals surface area contributed by atoms with E-state index in [0.29, 0.717) is 5.56 Å². The molecule has 0 bridgehead atoms. The van der Waals surface area contributed by atoms with Crippen LogP contribution in [-0.2, 0) is 4.74 Å². The normalized spacial score (nSPS) is 15.1. The molecule has 0 atom stereocenters. The Morgan fingerprint density at radius 3 is 2.30 bits per heavy atom. The van der Waals surface area contributed by atoms with E-state index in [1.807, 2.05) is 54.6 Å². The number of hydrogen-bond donors (Lipinski definition) is 0. The molecule has 23 heavy (non-hydrogen) atoms. The van der Waals surface area contributed by atoms with Gasteiger partial charge >= 0.3 is 0 Å². The third-order valence-corrected chi connectivity index (χ3v) is 4.03. The molecule has 1 saturated heterocycles. The standard InChI is InChI=1S/C20H21NO2/c1-16-2-4-17(5-3-16)6-11-20(22)18-7-9-19(10-8-18)21-12-14-23-15-13-21/h2-11H,12-15H2,1H3/b11-6+. The zero-order valence-electron chi connectivity index (χ0n) is 13.4. The van der Waals surface area contributed by atoms with Gasteiger partial charge in [-0.15, -0.1) is 0 Å². The maximum atomic E-state index is 12.3. The number of morpholine rings is 1. The molecule has 0 radical (unpaired) electrons. The van der Waals surface area contributed by atoms with Crippen LogP contribution in [0.1, 0.15) is 21.5 Å². The average Bonchev–Trinajstić information content (AvgIpc) is 2.62. The molecule has 1 fully saturated rings. The number of anilines is 1. The van der Waals surface area contributed by atoms with Gasteiger partial charge in [-0.3, -0.25) is 4.79 Å². The summed E-state index contributed by atoms with van der Waals surface area (Å²) in [5, 5.41) is 0. The van der Waals surface area contributed by atoms with E-state index in [0.717, 1.165) is 37.6 Å². The minimum Gasteiger partial charge on any atom is -0.378 e. The highest BCUT2D eigenvalue weighted by Crippen LogP contribution is 2.17. The van der Waals surface area contributed by atoms with Crippen LogP contribution in [0, 0.1) is 6.92 Å². The summed E-state index contributed by atoms with van der Waals surface area (Å²) >= 11 is 0. The third-order valence-electron chi connectivity index (χ3n) is 4.03. The van der Waals surface area contributed by atoms with Crippen molar-refractivity contribution in [2.75, 3.05) is 31.2 Å². The van der Waals surface area contributed by atoms with Crippen molar-refractivity contribution in [3.63, 3.8) is 0 Å². The van der Waals surface area contributed by atoms with E-state index >= 15 is 0 Å². The molecule has 0 amide bonds. The summed E-state index contributed by atoms with van der Waals surface area (Å²) in [4.78, 5) is 14.5. The summed E-state index contributed by atoms with van der Waals surface area (Å²) < 4.78 is 5.36. The molecule has 3 rings (SSSR count). The summed E-state index contributed by atoms with van der Waals surface area (Å²) in [6.45, 7) is 5.38. The molecule has 1 heterocycles. The second-order valence-electron chi connectivity index (χ2n) is 5.75. The van der Waals surface area contributed by atoms with Gasteiger partial charge in [0.2, 0.25) is 0 Å². The molecule has 0 aromatic heterocycles. The molecule has 1 aliphatic rings. The van der Waals surface area contributed by atoms with E-state index in [1.165, 1.54) is 5.56 Å². The lowest BCUT2D eigenvalue weighted by molar-refractivity contribution is 0.104. The summed E-state index contributed by atoms with van der Waals surface area (Å²) in [6, 6.07) is 15.9.